The molecule has 1 aromatic rings. The maximum atomic E-state index is 11.4. The van der Waals surface area contributed by atoms with E-state index in [2.05, 4.69) is 5.32 Å². The zero-order chi connectivity index (χ0) is 13.0. The van der Waals surface area contributed by atoms with E-state index in [1.54, 1.807) is 13.0 Å². The van der Waals surface area contributed by atoms with Gasteiger partial charge in [-0.25, -0.2) is 0 Å². The fourth-order valence-corrected chi connectivity index (χ4v) is 1.49. The molecule has 0 unspecified atom stereocenters. The van der Waals surface area contributed by atoms with E-state index in [1.165, 1.54) is 6.07 Å². The van der Waals surface area contributed by atoms with Gasteiger partial charge in [0.1, 0.15) is 5.69 Å². The Balaban J connectivity index is 3.08. The number of nitro benzene ring substituents is 1. The topological polar surface area (TPSA) is 72.2 Å². The SMILES string of the molecule is CCCC(=O)Nc1cc(C)c(C)cc1[N+](=O)[O-]. The summed E-state index contributed by atoms with van der Waals surface area (Å²) in [6.07, 6.45) is 1.08. The van der Waals surface area contributed by atoms with Crippen molar-refractivity contribution in [1.82, 2.24) is 0 Å². The van der Waals surface area contributed by atoms with Gasteiger partial charge in [-0.3, -0.25) is 14.9 Å². The summed E-state index contributed by atoms with van der Waals surface area (Å²) in [5.74, 6) is -0.196. The van der Waals surface area contributed by atoms with Crippen LogP contribution in [0.1, 0.15) is 30.9 Å². The molecule has 0 saturated carbocycles. The number of anilines is 1. The molecule has 92 valence electrons. The summed E-state index contributed by atoms with van der Waals surface area (Å²) in [5, 5.41) is 13.5. The molecular weight excluding hydrogens is 220 g/mol. The van der Waals surface area contributed by atoms with E-state index < -0.39 is 4.92 Å². The number of hydrogen-bond acceptors (Lipinski definition) is 3. The Kier molecular flexibility index (Phi) is 4.20. The first-order valence-corrected chi connectivity index (χ1v) is 5.51. The van der Waals surface area contributed by atoms with Gasteiger partial charge in [0, 0.05) is 12.5 Å². The summed E-state index contributed by atoms with van der Waals surface area (Å²) in [7, 11) is 0. The number of amides is 1. The second-order valence-electron chi connectivity index (χ2n) is 4.01. The highest BCUT2D eigenvalue weighted by Gasteiger charge is 2.16. The average molecular weight is 236 g/mol. The zero-order valence-corrected chi connectivity index (χ0v) is 10.2. The van der Waals surface area contributed by atoms with E-state index in [0.29, 0.717) is 12.8 Å². The van der Waals surface area contributed by atoms with E-state index >= 15 is 0 Å². The molecule has 0 aliphatic rings. The Morgan fingerprint density at radius 2 is 1.94 bits per heavy atom. The number of rotatable bonds is 4. The normalized spacial score (nSPS) is 10.1. The van der Waals surface area contributed by atoms with Crippen molar-refractivity contribution < 1.29 is 9.72 Å². The number of carbonyl (C=O) groups excluding carboxylic acids is 1. The largest absolute Gasteiger partial charge is 0.320 e. The molecule has 0 spiro atoms. The van der Waals surface area contributed by atoms with Crippen molar-refractivity contribution in [3.05, 3.63) is 33.4 Å². The molecule has 1 N–H and O–H groups in total. The molecular formula is C12H16N2O3. The highest BCUT2D eigenvalue weighted by molar-refractivity contribution is 5.93. The van der Waals surface area contributed by atoms with Crippen molar-refractivity contribution in [3.8, 4) is 0 Å². The number of benzene rings is 1. The molecule has 1 rings (SSSR count). The summed E-state index contributed by atoms with van der Waals surface area (Å²) in [5.41, 5.74) is 1.97. The molecule has 17 heavy (non-hydrogen) atoms. The Morgan fingerprint density at radius 1 is 1.35 bits per heavy atom. The monoisotopic (exact) mass is 236 g/mol. The highest BCUT2D eigenvalue weighted by atomic mass is 16.6. The Labute approximate surface area is 100.0 Å². The van der Waals surface area contributed by atoms with Gasteiger partial charge in [-0.15, -0.1) is 0 Å². The summed E-state index contributed by atoms with van der Waals surface area (Å²) >= 11 is 0. The first-order valence-electron chi connectivity index (χ1n) is 5.51. The molecule has 0 aliphatic heterocycles. The minimum atomic E-state index is -0.478. The third-order valence-corrected chi connectivity index (χ3v) is 2.56. The molecule has 0 saturated heterocycles. The molecule has 5 heteroatoms. The van der Waals surface area contributed by atoms with E-state index in [9.17, 15) is 14.9 Å². The van der Waals surface area contributed by atoms with Crippen LogP contribution in [-0.2, 0) is 4.79 Å². The average Bonchev–Trinajstić information content (AvgIpc) is 2.23. The predicted molar refractivity (Wildman–Crippen MR) is 66.1 cm³/mol. The predicted octanol–water partition coefficient (Wildman–Crippen LogP) is 2.95. The Morgan fingerprint density at radius 3 is 2.47 bits per heavy atom. The fraction of sp³-hybridized carbons (Fsp3) is 0.417. The molecule has 0 atom stereocenters. The van der Waals surface area contributed by atoms with Crippen molar-refractivity contribution in [2.45, 2.75) is 33.6 Å². The van der Waals surface area contributed by atoms with Gasteiger partial charge in [-0.05, 0) is 37.5 Å². The third-order valence-electron chi connectivity index (χ3n) is 2.56. The molecule has 0 radical (unpaired) electrons. The van der Waals surface area contributed by atoms with Gasteiger partial charge in [0.15, 0.2) is 0 Å². The van der Waals surface area contributed by atoms with Crippen LogP contribution in [0.5, 0.6) is 0 Å². The minimum absolute atomic E-state index is 0.0578. The zero-order valence-electron chi connectivity index (χ0n) is 10.2. The quantitative estimate of drug-likeness (QED) is 0.645. The van der Waals surface area contributed by atoms with Crippen LogP contribution in [0.3, 0.4) is 0 Å². The molecule has 0 fully saturated rings. The lowest BCUT2D eigenvalue weighted by molar-refractivity contribution is -0.384. The Bertz CT molecular complexity index is 455. The van der Waals surface area contributed by atoms with Gasteiger partial charge in [0.2, 0.25) is 5.91 Å². The number of nitrogens with one attached hydrogen (secondary N) is 1. The van der Waals surface area contributed by atoms with E-state index in [4.69, 9.17) is 0 Å². The van der Waals surface area contributed by atoms with Crippen LogP contribution >= 0.6 is 0 Å². The lowest BCUT2D eigenvalue weighted by Gasteiger charge is -2.08. The van der Waals surface area contributed by atoms with Crippen LogP contribution in [0.2, 0.25) is 0 Å². The van der Waals surface area contributed by atoms with Crippen molar-refractivity contribution in [3.63, 3.8) is 0 Å². The summed E-state index contributed by atoms with van der Waals surface area (Å²) in [6.45, 7) is 5.54. The summed E-state index contributed by atoms with van der Waals surface area (Å²) in [4.78, 5) is 21.9. The van der Waals surface area contributed by atoms with Gasteiger partial charge in [0.25, 0.3) is 5.69 Å². The second-order valence-corrected chi connectivity index (χ2v) is 4.01. The molecule has 0 heterocycles. The Hall–Kier alpha value is -1.91. The van der Waals surface area contributed by atoms with Crippen LogP contribution < -0.4 is 5.32 Å². The maximum absolute atomic E-state index is 11.4. The van der Waals surface area contributed by atoms with Gasteiger partial charge in [0.05, 0.1) is 4.92 Å². The van der Waals surface area contributed by atoms with Crippen LogP contribution in [0.15, 0.2) is 12.1 Å². The molecule has 1 amide bonds. The second kappa shape index (κ2) is 5.43. The van der Waals surface area contributed by atoms with Crippen molar-refractivity contribution in [2.75, 3.05) is 5.32 Å². The summed E-state index contributed by atoms with van der Waals surface area (Å²) in [6, 6.07) is 3.12. The first-order chi connectivity index (χ1) is 7.95. The molecule has 0 aliphatic carbocycles. The molecule has 1 aromatic carbocycles. The van der Waals surface area contributed by atoms with Crippen LogP contribution in [0.25, 0.3) is 0 Å². The van der Waals surface area contributed by atoms with Crippen molar-refractivity contribution >= 4 is 17.3 Å². The highest BCUT2D eigenvalue weighted by Crippen LogP contribution is 2.28. The van der Waals surface area contributed by atoms with Gasteiger partial charge in [-0.2, -0.15) is 0 Å². The van der Waals surface area contributed by atoms with Crippen LogP contribution in [0, 0.1) is 24.0 Å². The smallest absolute Gasteiger partial charge is 0.293 e. The van der Waals surface area contributed by atoms with Crippen molar-refractivity contribution in [2.24, 2.45) is 0 Å². The van der Waals surface area contributed by atoms with E-state index in [0.717, 1.165) is 11.1 Å². The first kappa shape index (κ1) is 13.2. The number of nitro groups is 1. The molecule has 5 nitrogen and oxygen atoms in total. The summed E-state index contributed by atoms with van der Waals surface area (Å²) < 4.78 is 0. The molecule has 0 bridgehead atoms. The maximum Gasteiger partial charge on any atom is 0.293 e. The van der Waals surface area contributed by atoms with Gasteiger partial charge >= 0.3 is 0 Å². The minimum Gasteiger partial charge on any atom is -0.320 e. The van der Waals surface area contributed by atoms with E-state index in [1.807, 2.05) is 13.8 Å². The third kappa shape index (κ3) is 3.27. The number of hydrogen-bond donors (Lipinski definition) is 1. The van der Waals surface area contributed by atoms with Gasteiger partial charge in [-0.1, -0.05) is 6.92 Å². The number of nitrogens with zero attached hydrogens (tertiary/aromatic N) is 1. The van der Waals surface area contributed by atoms with Gasteiger partial charge < -0.3 is 5.32 Å². The standard InChI is InChI=1S/C12H16N2O3/c1-4-5-12(15)13-10-6-8(2)9(3)7-11(10)14(16)17/h6-7H,4-5H2,1-3H3,(H,13,15). The van der Waals surface area contributed by atoms with Crippen LogP contribution in [0.4, 0.5) is 11.4 Å². The number of carbonyl (C=O) groups is 1. The van der Waals surface area contributed by atoms with Crippen LogP contribution in [-0.4, -0.2) is 10.8 Å². The lowest BCUT2D eigenvalue weighted by atomic mass is 10.1. The fourth-order valence-electron chi connectivity index (χ4n) is 1.49. The lowest BCUT2D eigenvalue weighted by Crippen LogP contribution is -2.12. The molecule has 0 aromatic heterocycles. The van der Waals surface area contributed by atoms with Crippen molar-refractivity contribution in [1.29, 1.82) is 0 Å². The van der Waals surface area contributed by atoms with E-state index in [-0.39, 0.29) is 17.3 Å². The number of aryl methyl sites for hydroxylation is 2.